The van der Waals surface area contributed by atoms with Gasteiger partial charge in [0.1, 0.15) is 17.2 Å². The summed E-state index contributed by atoms with van der Waals surface area (Å²) < 4.78 is 10.8. The van der Waals surface area contributed by atoms with Crippen LogP contribution in [0.15, 0.2) is 42.5 Å². The third kappa shape index (κ3) is 3.69. The summed E-state index contributed by atoms with van der Waals surface area (Å²) in [4.78, 5) is 16.7. The van der Waals surface area contributed by atoms with Crippen LogP contribution < -0.4 is 14.4 Å². The van der Waals surface area contributed by atoms with Gasteiger partial charge in [-0.25, -0.2) is 0 Å². The van der Waals surface area contributed by atoms with E-state index < -0.39 is 0 Å². The van der Waals surface area contributed by atoms with Crippen molar-refractivity contribution in [2.45, 2.75) is 6.92 Å². The maximum absolute atomic E-state index is 12.7. The lowest BCUT2D eigenvalue weighted by Gasteiger charge is -2.36. The van der Waals surface area contributed by atoms with Gasteiger partial charge in [-0.3, -0.25) is 4.79 Å². The SMILES string of the molecule is CCOc1ccccc1N1CCN(C(=O)c2ccc(OC)cc2O)CC1. The van der Waals surface area contributed by atoms with Crippen molar-refractivity contribution in [1.29, 1.82) is 0 Å². The Hall–Kier alpha value is -2.89. The molecule has 0 bridgehead atoms. The molecule has 0 saturated carbocycles. The van der Waals surface area contributed by atoms with E-state index in [0.29, 0.717) is 44.1 Å². The number of amides is 1. The van der Waals surface area contributed by atoms with E-state index in [1.807, 2.05) is 31.2 Å². The highest BCUT2D eigenvalue weighted by molar-refractivity contribution is 5.97. The molecule has 3 rings (SSSR count). The van der Waals surface area contributed by atoms with E-state index in [1.54, 1.807) is 17.0 Å². The van der Waals surface area contributed by atoms with Crippen LogP contribution in [0.3, 0.4) is 0 Å². The first-order valence-corrected chi connectivity index (χ1v) is 8.77. The first kappa shape index (κ1) is 17.9. The number of hydrogen-bond donors (Lipinski definition) is 1. The van der Waals surface area contributed by atoms with Crippen LogP contribution in [-0.4, -0.2) is 55.8 Å². The van der Waals surface area contributed by atoms with Gasteiger partial charge in [0.25, 0.3) is 5.91 Å². The molecule has 1 aliphatic heterocycles. The van der Waals surface area contributed by atoms with Gasteiger partial charge in [-0.15, -0.1) is 0 Å². The summed E-state index contributed by atoms with van der Waals surface area (Å²) in [5.74, 6) is 1.17. The summed E-state index contributed by atoms with van der Waals surface area (Å²) in [7, 11) is 1.52. The fourth-order valence-electron chi connectivity index (χ4n) is 3.14. The number of carbonyl (C=O) groups excluding carboxylic acids is 1. The number of para-hydroxylation sites is 2. The average Bonchev–Trinajstić information content (AvgIpc) is 2.68. The molecule has 6 nitrogen and oxygen atoms in total. The number of rotatable bonds is 5. The Kier molecular flexibility index (Phi) is 5.51. The lowest BCUT2D eigenvalue weighted by molar-refractivity contribution is 0.0743. The second kappa shape index (κ2) is 7.99. The maximum atomic E-state index is 12.7. The predicted octanol–water partition coefficient (Wildman–Crippen LogP) is 2.76. The zero-order valence-electron chi connectivity index (χ0n) is 15.1. The number of anilines is 1. The summed E-state index contributed by atoms with van der Waals surface area (Å²) in [6.07, 6.45) is 0. The van der Waals surface area contributed by atoms with E-state index in [9.17, 15) is 9.90 Å². The molecule has 1 aliphatic rings. The highest BCUT2D eigenvalue weighted by Gasteiger charge is 2.25. The molecule has 0 aliphatic carbocycles. The minimum atomic E-state index is -0.164. The summed E-state index contributed by atoms with van der Waals surface area (Å²) in [6.45, 7) is 5.19. The molecule has 138 valence electrons. The molecule has 1 N–H and O–H groups in total. The van der Waals surface area contributed by atoms with Crippen molar-refractivity contribution >= 4 is 11.6 Å². The molecule has 6 heteroatoms. The van der Waals surface area contributed by atoms with Crippen molar-refractivity contribution in [1.82, 2.24) is 4.90 Å². The first-order valence-electron chi connectivity index (χ1n) is 8.77. The fraction of sp³-hybridized carbons (Fsp3) is 0.350. The van der Waals surface area contributed by atoms with E-state index in [1.165, 1.54) is 13.2 Å². The molecule has 2 aromatic carbocycles. The zero-order chi connectivity index (χ0) is 18.5. The van der Waals surface area contributed by atoms with E-state index in [-0.39, 0.29) is 11.7 Å². The van der Waals surface area contributed by atoms with Crippen molar-refractivity contribution in [2.75, 3.05) is 44.8 Å². The molecule has 0 atom stereocenters. The number of phenolic OH excluding ortho intramolecular Hbond substituents is 1. The molecule has 1 heterocycles. The lowest BCUT2D eigenvalue weighted by atomic mass is 10.1. The third-order valence-electron chi connectivity index (χ3n) is 4.51. The van der Waals surface area contributed by atoms with Gasteiger partial charge in [-0.1, -0.05) is 12.1 Å². The van der Waals surface area contributed by atoms with E-state index in [0.717, 1.165) is 11.4 Å². The normalized spacial score (nSPS) is 14.2. The minimum Gasteiger partial charge on any atom is -0.507 e. The standard InChI is InChI=1S/C20H24N2O4/c1-3-26-19-7-5-4-6-17(19)21-10-12-22(13-11-21)20(24)16-9-8-15(25-2)14-18(16)23/h4-9,14,23H,3,10-13H2,1-2H3. The Labute approximate surface area is 153 Å². The predicted molar refractivity (Wildman–Crippen MR) is 100 cm³/mol. The number of phenols is 1. The van der Waals surface area contributed by atoms with Crippen LogP contribution in [-0.2, 0) is 0 Å². The van der Waals surface area contributed by atoms with Gasteiger partial charge >= 0.3 is 0 Å². The second-order valence-electron chi connectivity index (χ2n) is 6.06. The summed E-state index contributed by atoms with van der Waals surface area (Å²) in [5, 5.41) is 10.1. The first-order chi connectivity index (χ1) is 12.6. The van der Waals surface area contributed by atoms with E-state index in [2.05, 4.69) is 4.90 Å². The van der Waals surface area contributed by atoms with Crippen molar-refractivity contribution in [3.05, 3.63) is 48.0 Å². The molecule has 1 saturated heterocycles. The van der Waals surface area contributed by atoms with Gasteiger partial charge in [0.05, 0.1) is 25.0 Å². The van der Waals surface area contributed by atoms with Crippen LogP contribution in [0.5, 0.6) is 17.2 Å². The Bertz CT molecular complexity index is 770. The molecule has 0 spiro atoms. The number of carbonyl (C=O) groups is 1. The second-order valence-corrected chi connectivity index (χ2v) is 6.06. The van der Waals surface area contributed by atoms with Crippen molar-refractivity contribution < 1.29 is 19.4 Å². The topological polar surface area (TPSA) is 62.2 Å². The molecule has 1 fully saturated rings. The van der Waals surface area contributed by atoms with Crippen molar-refractivity contribution in [3.63, 3.8) is 0 Å². The van der Waals surface area contributed by atoms with E-state index in [4.69, 9.17) is 9.47 Å². The van der Waals surface area contributed by atoms with Gasteiger partial charge < -0.3 is 24.4 Å². The van der Waals surface area contributed by atoms with Crippen LogP contribution in [0.25, 0.3) is 0 Å². The van der Waals surface area contributed by atoms with Crippen LogP contribution in [0.4, 0.5) is 5.69 Å². The molecular weight excluding hydrogens is 332 g/mol. The number of piperazine rings is 1. The van der Waals surface area contributed by atoms with Crippen LogP contribution in [0, 0.1) is 0 Å². The Morgan fingerprint density at radius 3 is 2.50 bits per heavy atom. The Morgan fingerprint density at radius 1 is 1.12 bits per heavy atom. The van der Waals surface area contributed by atoms with Crippen LogP contribution in [0.2, 0.25) is 0 Å². The highest BCUT2D eigenvalue weighted by atomic mass is 16.5. The van der Waals surface area contributed by atoms with Gasteiger partial charge in [0.2, 0.25) is 0 Å². The molecule has 1 amide bonds. The van der Waals surface area contributed by atoms with Gasteiger partial charge in [0.15, 0.2) is 0 Å². The smallest absolute Gasteiger partial charge is 0.257 e. The molecule has 26 heavy (non-hydrogen) atoms. The molecular formula is C20H24N2O4. The summed E-state index contributed by atoms with van der Waals surface area (Å²) >= 11 is 0. The van der Waals surface area contributed by atoms with Gasteiger partial charge in [-0.05, 0) is 31.2 Å². The highest BCUT2D eigenvalue weighted by Crippen LogP contribution is 2.30. The number of benzene rings is 2. The molecule has 2 aromatic rings. The van der Waals surface area contributed by atoms with Crippen LogP contribution in [0.1, 0.15) is 17.3 Å². The largest absolute Gasteiger partial charge is 0.507 e. The maximum Gasteiger partial charge on any atom is 0.257 e. The minimum absolute atomic E-state index is 0.0570. The van der Waals surface area contributed by atoms with Crippen molar-refractivity contribution in [2.24, 2.45) is 0 Å². The Balaban J connectivity index is 1.68. The van der Waals surface area contributed by atoms with Gasteiger partial charge in [0, 0.05) is 32.2 Å². The summed E-state index contributed by atoms with van der Waals surface area (Å²) in [5.41, 5.74) is 1.35. The average molecular weight is 356 g/mol. The molecule has 0 radical (unpaired) electrons. The number of methoxy groups -OCH3 is 1. The number of aromatic hydroxyl groups is 1. The number of hydrogen-bond acceptors (Lipinski definition) is 5. The Morgan fingerprint density at radius 2 is 1.85 bits per heavy atom. The van der Waals surface area contributed by atoms with Crippen LogP contribution >= 0.6 is 0 Å². The molecule has 0 aromatic heterocycles. The number of ether oxygens (including phenoxy) is 2. The van der Waals surface area contributed by atoms with Crippen molar-refractivity contribution in [3.8, 4) is 17.2 Å². The number of nitrogens with zero attached hydrogens (tertiary/aromatic N) is 2. The third-order valence-corrected chi connectivity index (χ3v) is 4.51. The lowest BCUT2D eigenvalue weighted by Crippen LogP contribution is -2.48. The monoisotopic (exact) mass is 356 g/mol. The fourth-order valence-corrected chi connectivity index (χ4v) is 3.14. The zero-order valence-corrected chi connectivity index (χ0v) is 15.1. The van der Waals surface area contributed by atoms with E-state index >= 15 is 0 Å². The van der Waals surface area contributed by atoms with Gasteiger partial charge in [-0.2, -0.15) is 0 Å². The molecule has 0 unspecified atom stereocenters. The quantitative estimate of drug-likeness (QED) is 0.893. The summed E-state index contributed by atoms with van der Waals surface area (Å²) in [6, 6.07) is 12.7.